The lowest BCUT2D eigenvalue weighted by atomic mass is 10.2. The van der Waals surface area contributed by atoms with E-state index in [0.717, 1.165) is 0 Å². The highest BCUT2D eigenvalue weighted by Gasteiger charge is 2.28. The van der Waals surface area contributed by atoms with Crippen molar-refractivity contribution in [3.63, 3.8) is 0 Å². The number of amides is 3. The predicted molar refractivity (Wildman–Crippen MR) is 114 cm³/mol. The van der Waals surface area contributed by atoms with E-state index in [1.807, 2.05) is 0 Å². The number of nitrogens with one attached hydrogen (secondary N) is 2. The lowest BCUT2D eigenvalue weighted by molar-refractivity contribution is -0.134. The molecule has 1 aliphatic heterocycles. The zero-order valence-electron chi connectivity index (χ0n) is 18.2. The fraction of sp³-hybridized carbons (Fsp3) is 0.476. The van der Waals surface area contributed by atoms with Crippen molar-refractivity contribution in [2.24, 2.45) is 0 Å². The summed E-state index contributed by atoms with van der Waals surface area (Å²) < 4.78 is 15.7. The molecule has 1 atom stereocenters. The van der Waals surface area contributed by atoms with Crippen LogP contribution in [-0.2, 0) is 9.53 Å². The number of piperazine rings is 1. The molecule has 0 saturated carbocycles. The van der Waals surface area contributed by atoms with Crippen molar-refractivity contribution in [1.82, 2.24) is 20.1 Å². The molecule has 3 amide bonds. The molecular weight excluding hydrogens is 404 g/mol. The number of hydrogen-bond donors (Lipinski definition) is 2. The van der Waals surface area contributed by atoms with Gasteiger partial charge in [0.2, 0.25) is 5.91 Å². The second-order valence-electron chi connectivity index (χ2n) is 7.15. The SMILES string of the molecule is CCOC(=O)N1CCN(C(=O)[C@@H](C)NC(=O)c2cc3c(OC)ccc(OC)c3[nH]2)CC1. The highest BCUT2D eigenvalue weighted by molar-refractivity contribution is 6.02. The first kappa shape index (κ1) is 22.3. The van der Waals surface area contributed by atoms with E-state index in [1.54, 1.807) is 56.1 Å². The van der Waals surface area contributed by atoms with E-state index < -0.39 is 11.9 Å². The summed E-state index contributed by atoms with van der Waals surface area (Å²) in [5, 5.41) is 3.44. The maximum Gasteiger partial charge on any atom is 0.409 e. The minimum atomic E-state index is -0.725. The van der Waals surface area contributed by atoms with Crippen molar-refractivity contribution in [1.29, 1.82) is 0 Å². The molecule has 2 N–H and O–H groups in total. The molecule has 0 unspecified atom stereocenters. The molecule has 1 aliphatic rings. The number of methoxy groups -OCH3 is 2. The van der Waals surface area contributed by atoms with Gasteiger partial charge in [-0.1, -0.05) is 0 Å². The van der Waals surface area contributed by atoms with Gasteiger partial charge in [0, 0.05) is 31.6 Å². The Morgan fingerprint density at radius 3 is 2.29 bits per heavy atom. The minimum absolute atomic E-state index is 0.205. The maximum atomic E-state index is 12.8. The van der Waals surface area contributed by atoms with Crippen LogP contribution in [0.4, 0.5) is 4.79 Å². The fourth-order valence-corrected chi connectivity index (χ4v) is 3.57. The monoisotopic (exact) mass is 432 g/mol. The van der Waals surface area contributed by atoms with E-state index in [1.165, 1.54) is 0 Å². The van der Waals surface area contributed by atoms with Crippen LogP contribution in [0.3, 0.4) is 0 Å². The zero-order chi connectivity index (χ0) is 22.5. The molecule has 1 aromatic heterocycles. The van der Waals surface area contributed by atoms with Gasteiger partial charge in [0.15, 0.2) is 0 Å². The molecular formula is C21H28N4O6. The standard InChI is InChI=1S/C21H28N4O6/c1-5-31-21(28)25-10-8-24(9-11-25)20(27)13(2)22-19(26)15-12-14-16(29-3)6-7-17(30-4)18(14)23-15/h6-7,12-13,23H,5,8-11H2,1-4H3,(H,22,26)/t13-/m1/s1. The van der Waals surface area contributed by atoms with Crippen molar-refractivity contribution < 1.29 is 28.6 Å². The number of ether oxygens (including phenoxy) is 3. The number of benzene rings is 1. The highest BCUT2D eigenvalue weighted by atomic mass is 16.6. The molecule has 31 heavy (non-hydrogen) atoms. The van der Waals surface area contributed by atoms with Gasteiger partial charge in [-0.15, -0.1) is 0 Å². The van der Waals surface area contributed by atoms with Crippen LogP contribution in [0.5, 0.6) is 11.5 Å². The third-order valence-electron chi connectivity index (χ3n) is 5.24. The molecule has 0 spiro atoms. The summed E-state index contributed by atoms with van der Waals surface area (Å²) in [6, 6.07) is 4.46. The third kappa shape index (κ3) is 4.68. The van der Waals surface area contributed by atoms with Crippen LogP contribution in [-0.4, -0.2) is 85.7 Å². The van der Waals surface area contributed by atoms with Gasteiger partial charge < -0.3 is 34.3 Å². The Bertz CT molecular complexity index is 923. The van der Waals surface area contributed by atoms with Gasteiger partial charge in [0.05, 0.1) is 26.3 Å². The normalized spacial score (nSPS) is 14.8. The first-order chi connectivity index (χ1) is 14.9. The minimum Gasteiger partial charge on any atom is -0.496 e. The number of nitrogens with zero attached hydrogens (tertiary/aromatic N) is 2. The fourth-order valence-electron chi connectivity index (χ4n) is 3.57. The van der Waals surface area contributed by atoms with Crippen LogP contribution in [0.1, 0.15) is 24.3 Å². The van der Waals surface area contributed by atoms with Crippen LogP contribution in [0.2, 0.25) is 0 Å². The van der Waals surface area contributed by atoms with Gasteiger partial charge in [-0.05, 0) is 32.0 Å². The molecule has 2 aromatic rings. The Hall–Kier alpha value is -3.43. The maximum absolute atomic E-state index is 12.8. The molecule has 3 rings (SSSR count). The van der Waals surface area contributed by atoms with Gasteiger partial charge in [-0.3, -0.25) is 9.59 Å². The summed E-state index contributed by atoms with van der Waals surface area (Å²) in [6.45, 7) is 5.27. The molecule has 1 saturated heterocycles. The Labute approximate surface area is 180 Å². The van der Waals surface area contributed by atoms with Crippen LogP contribution in [0, 0.1) is 0 Å². The highest BCUT2D eigenvalue weighted by Crippen LogP contribution is 2.33. The summed E-state index contributed by atoms with van der Waals surface area (Å²) >= 11 is 0. The number of fused-ring (bicyclic) bond motifs is 1. The number of aromatic nitrogens is 1. The topological polar surface area (TPSA) is 113 Å². The number of aromatic amines is 1. The molecule has 0 radical (unpaired) electrons. The number of hydrogen-bond acceptors (Lipinski definition) is 6. The van der Waals surface area contributed by atoms with E-state index in [0.29, 0.717) is 60.9 Å². The van der Waals surface area contributed by atoms with Gasteiger partial charge in [0.1, 0.15) is 23.2 Å². The average molecular weight is 432 g/mol. The van der Waals surface area contributed by atoms with E-state index in [4.69, 9.17) is 14.2 Å². The largest absolute Gasteiger partial charge is 0.496 e. The first-order valence-corrected chi connectivity index (χ1v) is 10.1. The Kier molecular flexibility index (Phi) is 6.88. The molecule has 0 aliphatic carbocycles. The molecule has 168 valence electrons. The van der Waals surface area contributed by atoms with E-state index in [2.05, 4.69) is 10.3 Å². The summed E-state index contributed by atoms with van der Waals surface area (Å²) in [6.07, 6.45) is -0.374. The molecule has 1 fully saturated rings. The molecule has 0 bridgehead atoms. The lowest BCUT2D eigenvalue weighted by Gasteiger charge is -2.35. The molecule has 2 heterocycles. The summed E-state index contributed by atoms with van der Waals surface area (Å²) in [4.78, 5) is 43.6. The summed E-state index contributed by atoms with van der Waals surface area (Å²) in [7, 11) is 3.10. The average Bonchev–Trinajstić information content (AvgIpc) is 3.24. The van der Waals surface area contributed by atoms with Crippen molar-refractivity contribution in [2.75, 3.05) is 47.0 Å². The lowest BCUT2D eigenvalue weighted by Crippen LogP contribution is -2.55. The van der Waals surface area contributed by atoms with Crippen molar-refractivity contribution >= 4 is 28.8 Å². The Balaban J connectivity index is 1.64. The zero-order valence-corrected chi connectivity index (χ0v) is 18.2. The van der Waals surface area contributed by atoms with Crippen molar-refractivity contribution in [3.8, 4) is 11.5 Å². The van der Waals surface area contributed by atoms with Gasteiger partial charge in [-0.25, -0.2) is 4.79 Å². The van der Waals surface area contributed by atoms with Crippen LogP contribution >= 0.6 is 0 Å². The van der Waals surface area contributed by atoms with Crippen LogP contribution in [0.15, 0.2) is 18.2 Å². The Morgan fingerprint density at radius 2 is 1.68 bits per heavy atom. The van der Waals surface area contributed by atoms with Crippen molar-refractivity contribution in [2.45, 2.75) is 19.9 Å². The van der Waals surface area contributed by atoms with E-state index >= 15 is 0 Å². The smallest absolute Gasteiger partial charge is 0.409 e. The quantitative estimate of drug-likeness (QED) is 0.717. The summed E-state index contributed by atoms with van der Waals surface area (Å²) in [5.41, 5.74) is 0.936. The van der Waals surface area contributed by atoms with Gasteiger partial charge >= 0.3 is 6.09 Å². The summed E-state index contributed by atoms with van der Waals surface area (Å²) in [5.74, 6) is 0.572. The first-order valence-electron chi connectivity index (χ1n) is 10.1. The Morgan fingerprint density at radius 1 is 1.06 bits per heavy atom. The number of H-pyrrole nitrogens is 1. The molecule has 10 heteroatoms. The van der Waals surface area contributed by atoms with Crippen LogP contribution < -0.4 is 14.8 Å². The van der Waals surface area contributed by atoms with Gasteiger partial charge in [0.25, 0.3) is 5.91 Å². The van der Waals surface area contributed by atoms with E-state index in [9.17, 15) is 14.4 Å². The number of carbonyl (C=O) groups excluding carboxylic acids is 3. The predicted octanol–water partition coefficient (Wildman–Crippen LogP) is 1.60. The third-order valence-corrected chi connectivity index (χ3v) is 5.24. The van der Waals surface area contributed by atoms with E-state index in [-0.39, 0.29) is 12.0 Å². The number of carbonyl (C=O) groups is 3. The second-order valence-corrected chi connectivity index (χ2v) is 7.15. The molecule has 1 aromatic carbocycles. The van der Waals surface area contributed by atoms with Crippen molar-refractivity contribution in [3.05, 3.63) is 23.9 Å². The van der Waals surface area contributed by atoms with Crippen LogP contribution in [0.25, 0.3) is 10.9 Å². The number of rotatable bonds is 6. The molecule has 10 nitrogen and oxygen atoms in total. The second kappa shape index (κ2) is 9.59. The van der Waals surface area contributed by atoms with Gasteiger partial charge in [-0.2, -0.15) is 0 Å².